The number of nitrogens with zero attached hydrogens (tertiary/aromatic N) is 2. The zero-order valence-electron chi connectivity index (χ0n) is 16.0. The maximum absolute atomic E-state index is 12.7. The number of carbonyl (C=O) groups excluding carboxylic acids is 2. The van der Waals surface area contributed by atoms with Crippen LogP contribution in [0.2, 0.25) is 0 Å². The Morgan fingerprint density at radius 1 is 1.21 bits per heavy atom. The highest BCUT2D eigenvalue weighted by Gasteiger charge is 2.40. The van der Waals surface area contributed by atoms with E-state index in [1.54, 1.807) is 0 Å². The Labute approximate surface area is 168 Å². The van der Waals surface area contributed by atoms with Crippen LogP contribution < -0.4 is 10.6 Å². The maximum Gasteiger partial charge on any atom is 0.262 e. The molecule has 7 nitrogen and oxygen atoms in total. The fraction of sp³-hybridized carbons (Fsp3) is 0.450. The summed E-state index contributed by atoms with van der Waals surface area (Å²) in [6.07, 6.45) is 3.81. The van der Waals surface area contributed by atoms with Crippen LogP contribution >= 0.6 is 11.8 Å². The third-order valence-electron chi connectivity index (χ3n) is 5.58. The molecule has 148 valence electrons. The summed E-state index contributed by atoms with van der Waals surface area (Å²) in [4.78, 5) is 31.2. The summed E-state index contributed by atoms with van der Waals surface area (Å²) in [6, 6.07) is 8.02. The first-order valence-corrected chi connectivity index (χ1v) is 10.4. The largest absolute Gasteiger partial charge is 0.415 e. The number of oxazole rings is 1. The topological polar surface area (TPSA) is 87.5 Å². The van der Waals surface area contributed by atoms with Gasteiger partial charge in [0.25, 0.3) is 11.1 Å². The van der Waals surface area contributed by atoms with Crippen molar-refractivity contribution < 1.29 is 14.0 Å². The van der Waals surface area contributed by atoms with Crippen molar-refractivity contribution in [2.45, 2.75) is 48.9 Å². The summed E-state index contributed by atoms with van der Waals surface area (Å²) in [5.41, 5.74) is 0.652. The Bertz CT molecular complexity index is 857. The number of fused-ring (bicyclic) bond motifs is 3. The van der Waals surface area contributed by atoms with Crippen LogP contribution in [0.4, 0.5) is 5.88 Å². The molecule has 8 heteroatoms. The van der Waals surface area contributed by atoms with Crippen LogP contribution in [-0.2, 0) is 4.79 Å². The van der Waals surface area contributed by atoms with Crippen LogP contribution in [-0.4, -0.2) is 46.9 Å². The molecule has 1 aromatic heterocycles. The molecule has 28 heavy (non-hydrogen) atoms. The van der Waals surface area contributed by atoms with Gasteiger partial charge in [-0.3, -0.25) is 19.8 Å². The Morgan fingerprint density at radius 2 is 1.93 bits per heavy atom. The van der Waals surface area contributed by atoms with Gasteiger partial charge in [-0.1, -0.05) is 0 Å². The number of amides is 2. The normalized spacial score (nSPS) is 26.1. The molecule has 0 unspecified atom stereocenters. The van der Waals surface area contributed by atoms with Gasteiger partial charge in [0.2, 0.25) is 11.8 Å². The van der Waals surface area contributed by atoms with Gasteiger partial charge in [0.15, 0.2) is 0 Å². The van der Waals surface area contributed by atoms with Gasteiger partial charge in [-0.05, 0) is 74.8 Å². The molecule has 3 fully saturated rings. The molecule has 2 amide bonds. The number of nitrogens with one attached hydrogen (secondary N) is 2. The van der Waals surface area contributed by atoms with E-state index < -0.39 is 0 Å². The number of anilines is 1. The van der Waals surface area contributed by atoms with E-state index in [4.69, 9.17) is 4.42 Å². The average molecular weight is 401 g/mol. The maximum atomic E-state index is 12.7. The van der Waals surface area contributed by atoms with Gasteiger partial charge in [-0.15, -0.1) is 0 Å². The minimum atomic E-state index is -0.208. The summed E-state index contributed by atoms with van der Waals surface area (Å²) in [5, 5.41) is 6.23. The van der Waals surface area contributed by atoms with Crippen molar-refractivity contribution in [3.8, 4) is 0 Å². The van der Waals surface area contributed by atoms with E-state index in [0.717, 1.165) is 18.0 Å². The second-order valence-electron chi connectivity index (χ2n) is 7.41. The summed E-state index contributed by atoms with van der Waals surface area (Å²) >= 11 is 1.33. The molecule has 3 saturated heterocycles. The minimum absolute atomic E-state index is 0.0220. The Morgan fingerprint density at radius 3 is 2.57 bits per heavy atom. The number of benzene rings is 1. The molecule has 0 radical (unpaired) electrons. The molecule has 2 aromatic rings. The van der Waals surface area contributed by atoms with Gasteiger partial charge in [-0.25, -0.2) is 4.98 Å². The number of hydrogen-bond donors (Lipinski definition) is 2. The molecular weight excluding hydrogens is 376 g/mol. The van der Waals surface area contributed by atoms with Crippen LogP contribution in [0.15, 0.2) is 45.0 Å². The zero-order chi connectivity index (χ0) is 19.7. The number of hydrogen-bond acceptors (Lipinski definition) is 6. The smallest absolute Gasteiger partial charge is 0.262 e. The fourth-order valence-corrected chi connectivity index (χ4v) is 4.80. The molecule has 3 aliphatic rings. The molecule has 2 atom stereocenters. The van der Waals surface area contributed by atoms with Crippen molar-refractivity contribution in [1.29, 1.82) is 0 Å². The van der Waals surface area contributed by atoms with Crippen LogP contribution in [0, 0.1) is 5.92 Å². The Balaban J connectivity index is 1.37. The lowest BCUT2D eigenvalue weighted by atomic mass is 9.79. The standard InChI is InChI=1S/C20H24N4O3S/c1-12-18(14-7-9-24(12)10-8-14)23-19(26)15-3-5-16(6-4-15)28-20-21-11-17(27-20)22-13(2)25/h3-6,11-12,14,18H,7-10H2,1-2H3,(H,22,25)(H,23,26)/t12-,18-/m0/s1. The first kappa shape index (κ1) is 19.0. The molecule has 1 aromatic carbocycles. The number of piperidine rings is 3. The van der Waals surface area contributed by atoms with Crippen molar-refractivity contribution in [2.24, 2.45) is 5.92 Å². The van der Waals surface area contributed by atoms with Gasteiger partial charge < -0.3 is 9.73 Å². The molecule has 0 saturated carbocycles. The van der Waals surface area contributed by atoms with Crippen molar-refractivity contribution in [1.82, 2.24) is 15.2 Å². The van der Waals surface area contributed by atoms with E-state index in [1.807, 2.05) is 24.3 Å². The van der Waals surface area contributed by atoms with Gasteiger partial charge in [0.1, 0.15) is 0 Å². The van der Waals surface area contributed by atoms with Gasteiger partial charge in [-0.2, -0.15) is 0 Å². The van der Waals surface area contributed by atoms with Crippen LogP contribution in [0.3, 0.4) is 0 Å². The molecule has 5 rings (SSSR count). The third-order valence-corrected chi connectivity index (χ3v) is 6.45. The lowest BCUT2D eigenvalue weighted by molar-refractivity contribution is -0.114. The molecule has 4 heterocycles. The molecular formula is C20H24N4O3S. The molecule has 2 bridgehead atoms. The monoisotopic (exact) mass is 400 g/mol. The summed E-state index contributed by atoms with van der Waals surface area (Å²) < 4.78 is 5.45. The number of carbonyl (C=O) groups is 2. The predicted molar refractivity (Wildman–Crippen MR) is 106 cm³/mol. The van der Waals surface area contributed by atoms with E-state index in [2.05, 4.69) is 27.4 Å². The highest BCUT2D eigenvalue weighted by molar-refractivity contribution is 7.99. The van der Waals surface area contributed by atoms with E-state index in [0.29, 0.717) is 28.6 Å². The summed E-state index contributed by atoms with van der Waals surface area (Å²) in [7, 11) is 0. The zero-order valence-corrected chi connectivity index (χ0v) is 16.8. The highest BCUT2D eigenvalue weighted by Crippen LogP contribution is 2.32. The van der Waals surface area contributed by atoms with Gasteiger partial charge in [0, 0.05) is 29.5 Å². The van der Waals surface area contributed by atoms with Crippen LogP contribution in [0.1, 0.15) is 37.0 Å². The predicted octanol–water partition coefficient (Wildman–Crippen LogP) is 3.00. The average Bonchev–Trinajstić information content (AvgIpc) is 3.11. The van der Waals surface area contributed by atoms with Crippen molar-refractivity contribution in [3.63, 3.8) is 0 Å². The third kappa shape index (κ3) is 4.07. The summed E-state index contributed by atoms with van der Waals surface area (Å²) in [6.45, 7) is 5.92. The van der Waals surface area contributed by atoms with E-state index in [-0.39, 0.29) is 17.9 Å². The molecule has 0 spiro atoms. The Kier molecular flexibility index (Phi) is 5.41. The van der Waals surface area contributed by atoms with Crippen molar-refractivity contribution in [2.75, 3.05) is 18.4 Å². The highest BCUT2D eigenvalue weighted by atomic mass is 32.2. The van der Waals surface area contributed by atoms with E-state index in [1.165, 1.54) is 37.7 Å². The van der Waals surface area contributed by atoms with Gasteiger partial charge >= 0.3 is 0 Å². The Hall–Kier alpha value is -2.32. The second kappa shape index (κ2) is 7.97. The number of rotatable bonds is 5. The van der Waals surface area contributed by atoms with Crippen molar-refractivity contribution >= 4 is 29.5 Å². The first-order chi connectivity index (χ1) is 13.5. The van der Waals surface area contributed by atoms with E-state index in [9.17, 15) is 9.59 Å². The molecule has 2 N–H and O–H groups in total. The summed E-state index contributed by atoms with van der Waals surface area (Å²) in [5.74, 6) is 0.672. The lowest BCUT2D eigenvalue weighted by Crippen LogP contribution is -2.62. The first-order valence-electron chi connectivity index (χ1n) is 9.56. The minimum Gasteiger partial charge on any atom is -0.415 e. The quantitative estimate of drug-likeness (QED) is 0.802. The molecule has 0 aliphatic carbocycles. The van der Waals surface area contributed by atoms with Crippen LogP contribution in [0.25, 0.3) is 0 Å². The van der Waals surface area contributed by atoms with Crippen LogP contribution in [0.5, 0.6) is 0 Å². The van der Waals surface area contributed by atoms with E-state index >= 15 is 0 Å². The SMILES string of the molecule is CC(=O)Nc1cnc(Sc2ccc(C(=O)N[C@@H]3C4CCN(CC4)[C@H]3C)cc2)o1. The second-order valence-corrected chi connectivity index (χ2v) is 8.44. The molecule has 3 aliphatic heterocycles. The van der Waals surface area contributed by atoms with Gasteiger partial charge in [0.05, 0.1) is 6.20 Å². The lowest BCUT2D eigenvalue weighted by Gasteiger charge is -2.49. The number of aromatic nitrogens is 1. The fourth-order valence-electron chi connectivity index (χ4n) is 4.09. The van der Waals surface area contributed by atoms with Crippen molar-refractivity contribution in [3.05, 3.63) is 36.0 Å².